The Morgan fingerprint density at radius 2 is 1.70 bits per heavy atom. The fourth-order valence-electron chi connectivity index (χ4n) is 2.54. The average molecular weight is 411 g/mol. The number of halogens is 2. The number of carboxylic acids is 1. The lowest BCUT2D eigenvalue weighted by molar-refractivity contribution is -0.384. The van der Waals surface area contributed by atoms with E-state index in [4.69, 9.17) is 28.3 Å². The Labute approximate surface area is 165 Å². The molecule has 9 heteroatoms. The van der Waals surface area contributed by atoms with Crippen molar-refractivity contribution in [1.29, 1.82) is 0 Å². The summed E-state index contributed by atoms with van der Waals surface area (Å²) in [4.78, 5) is 33.5. The van der Waals surface area contributed by atoms with E-state index in [1.165, 1.54) is 24.3 Å². The van der Waals surface area contributed by atoms with Gasteiger partial charge in [-0.2, -0.15) is 0 Å². The molecule has 0 spiro atoms. The molecule has 142 valence electrons. The van der Waals surface area contributed by atoms with E-state index in [1.54, 1.807) is 18.2 Å². The fraction of sp³-hybridized carbons (Fsp3) is 0.222. The van der Waals surface area contributed by atoms with Crippen molar-refractivity contribution >= 4 is 40.8 Å². The summed E-state index contributed by atoms with van der Waals surface area (Å²) in [6.45, 7) is 0. The molecule has 7 nitrogen and oxygen atoms in total. The number of hydrogen-bond donors (Lipinski definition) is 2. The summed E-state index contributed by atoms with van der Waals surface area (Å²) in [6.07, 6.45) is -0.0191. The molecule has 2 aromatic carbocycles. The number of nitrogens with one attached hydrogen (secondary N) is 1. The Hall–Kier alpha value is -2.64. The van der Waals surface area contributed by atoms with E-state index < -0.39 is 16.9 Å². The molecule has 0 unspecified atom stereocenters. The molecule has 0 aliphatic carbocycles. The second-order valence-corrected chi connectivity index (χ2v) is 6.73. The number of carbonyl (C=O) groups excluding carboxylic acids is 1. The molecule has 0 aliphatic rings. The van der Waals surface area contributed by atoms with E-state index in [2.05, 4.69) is 5.32 Å². The maximum atomic E-state index is 12.3. The van der Waals surface area contributed by atoms with Gasteiger partial charge in [0.15, 0.2) is 0 Å². The number of carbonyl (C=O) groups is 2. The number of nitro benzene ring substituents is 1. The maximum Gasteiger partial charge on any atom is 0.305 e. The van der Waals surface area contributed by atoms with Crippen LogP contribution in [0, 0.1) is 10.1 Å². The van der Waals surface area contributed by atoms with Gasteiger partial charge in [0.2, 0.25) is 5.91 Å². The third kappa shape index (κ3) is 6.54. The van der Waals surface area contributed by atoms with Crippen LogP contribution in [-0.4, -0.2) is 27.9 Å². The van der Waals surface area contributed by atoms with Crippen molar-refractivity contribution in [3.05, 3.63) is 73.8 Å². The number of carboxylic acid groups (broad SMARTS) is 1. The SMILES string of the molecule is O=C(O)C[C@H](Cc1ccc([N+](=O)[O-])cc1)NC(=O)Cc1ccc(Cl)c(Cl)c1. The summed E-state index contributed by atoms with van der Waals surface area (Å²) in [6, 6.07) is 9.92. The Bertz CT molecular complexity index is 855. The van der Waals surface area contributed by atoms with E-state index in [-0.39, 0.29) is 30.9 Å². The number of nitro groups is 1. The normalized spacial score (nSPS) is 11.6. The predicted molar refractivity (Wildman–Crippen MR) is 101 cm³/mol. The van der Waals surface area contributed by atoms with Crippen LogP contribution in [0.2, 0.25) is 10.0 Å². The second kappa shape index (κ2) is 9.34. The molecule has 0 fully saturated rings. The maximum absolute atomic E-state index is 12.3. The molecule has 0 heterocycles. The zero-order chi connectivity index (χ0) is 20.0. The molecule has 0 saturated heterocycles. The molecule has 0 bridgehead atoms. The zero-order valence-corrected chi connectivity index (χ0v) is 15.5. The van der Waals surface area contributed by atoms with Crippen molar-refractivity contribution in [1.82, 2.24) is 5.32 Å². The van der Waals surface area contributed by atoms with Crippen LogP contribution in [0.15, 0.2) is 42.5 Å². The Kier molecular flexibility index (Phi) is 7.15. The van der Waals surface area contributed by atoms with E-state index in [9.17, 15) is 19.7 Å². The van der Waals surface area contributed by atoms with Gasteiger partial charge in [-0.05, 0) is 29.7 Å². The van der Waals surface area contributed by atoms with Crippen molar-refractivity contribution in [2.75, 3.05) is 0 Å². The van der Waals surface area contributed by atoms with Crippen LogP contribution < -0.4 is 5.32 Å². The Morgan fingerprint density at radius 3 is 2.26 bits per heavy atom. The standard InChI is InChI=1S/C18H16Cl2N2O5/c19-15-6-3-12(8-16(15)20)9-17(23)21-13(10-18(24)25)7-11-1-4-14(5-2-11)22(26)27/h1-6,8,13H,7,9-10H2,(H,21,23)(H,24,25)/t13-/m0/s1. The summed E-state index contributed by atoms with van der Waals surface area (Å²) >= 11 is 11.8. The molecule has 27 heavy (non-hydrogen) atoms. The molecular formula is C18H16Cl2N2O5. The second-order valence-electron chi connectivity index (χ2n) is 5.92. The topological polar surface area (TPSA) is 110 Å². The van der Waals surface area contributed by atoms with E-state index in [0.29, 0.717) is 21.2 Å². The highest BCUT2D eigenvalue weighted by Crippen LogP contribution is 2.22. The highest BCUT2D eigenvalue weighted by atomic mass is 35.5. The summed E-state index contributed by atoms with van der Waals surface area (Å²) in [5.41, 5.74) is 1.27. The van der Waals surface area contributed by atoms with Crippen molar-refractivity contribution in [3.8, 4) is 0 Å². The smallest absolute Gasteiger partial charge is 0.305 e. The largest absolute Gasteiger partial charge is 0.481 e. The third-order valence-corrected chi connectivity index (χ3v) is 4.50. The van der Waals surface area contributed by atoms with Gasteiger partial charge in [0.05, 0.1) is 27.8 Å². The molecule has 0 radical (unpaired) electrons. The van der Waals surface area contributed by atoms with Crippen molar-refractivity contribution < 1.29 is 19.6 Å². The van der Waals surface area contributed by atoms with Gasteiger partial charge < -0.3 is 10.4 Å². The van der Waals surface area contributed by atoms with Crippen LogP contribution in [0.5, 0.6) is 0 Å². The lowest BCUT2D eigenvalue weighted by Crippen LogP contribution is -2.38. The van der Waals surface area contributed by atoms with Crippen LogP contribution in [0.4, 0.5) is 5.69 Å². The van der Waals surface area contributed by atoms with Gasteiger partial charge in [-0.3, -0.25) is 19.7 Å². The number of hydrogen-bond acceptors (Lipinski definition) is 4. The molecule has 0 saturated carbocycles. The van der Waals surface area contributed by atoms with E-state index >= 15 is 0 Å². The summed E-state index contributed by atoms with van der Waals surface area (Å²) in [7, 11) is 0. The molecule has 2 N–H and O–H groups in total. The van der Waals surface area contributed by atoms with Crippen molar-refractivity contribution in [2.24, 2.45) is 0 Å². The van der Waals surface area contributed by atoms with E-state index in [1.807, 2.05) is 0 Å². The van der Waals surface area contributed by atoms with Gasteiger partial charge in [0.25, 0.3) is 5.69 Å². The monoisotopic (exact) mass is 410 g/mol. The van der Waals surface area contributed by atoms with Gasteiger partial charge >= 0.3 is 5.97 Å². The number of aliphatic carboxylic acids is 1. The van der Waals surface area contributed by atoms with Crippen molar-refractivity contribution in [2.45, 2.75) is 25.3 Å². The number of benzene rings is 2. The first kappa shape index (κ1) is 20.7. The molecule has 1 amide bonds. The van der Waals surface area contributed by atoms with Gasteiger partial charge in [-0.15, -0.1) is 0 Å². The van der Waals surface area contributed by atoms with Gasteiger partial charge in [0.1, 0.15) is 0 Å². The number of nitrogens with zero attached hydrogens (tertiary/aromatic N) is 1. The van der Waals surface area contributed by atoms with Crippen LogP contribution in [0.25, 0.3) is 0 Å². The average Bonchev–Trinajstić information content (AvgIpc) is 2.58. The van der Waals surface area contributed by atoms with Gasteiger partial charge in [-0.1, -0.05) is 41.4 Å². The first-order valence-electron chi connectivity index (χ1n) is 7.93. The lowest BCUT2D eigenvalue weighted by atomic mass is 10.0. The highest BCUT2D eigenvalue weighted by Gasteiger charge is 2.18. The van der Waals surface area contributed by atoms with Crippen molar-refractivity contribution in [3.63, 3.8) is 0 Å². The van der Waals surface area contributed by atoms with Crippen LogP contribution >= 0.6 is 23.2 Å². The molecule has 2 aromatic rings. The molecular weight excluding hydrogens is 395 g/mol. The minimum absolute atomic E-state index is 0.0211. The fourth-order valence-corrected chi connectivity index (χ4v) is 2.86. The van der Waals surface area contributed by atoms with Crippen LogP contribution in [0.3, 0.4) is 0 Å². The lowest BCUT2D eigenvalue weighted by Gasteiger charge is -2.17. The molecule has 2 rings (SSSR count). The van der Waals surface area contributed by atoms with Gasteiger partial charge in [0, 0.05) is 18.2 Å². The highest BCUT2D eigenvalue weighted by molar-refractivity contribution is 6.42. The Morgan fingerprint density at radius 1 is 1.07 bits per heavy atom. The van der Waals surface area contributed by atoms with E-state index in [0.717, 1.165) is 0 Å². The first-order valence-corrected chi connectivity index (χ1v) is 8.68. The molecule has 0 aromatic heterocycles. The zero-order valence-electron chi connectivity index (χ0n) is 14.0. The number of rotatable bonds is 8. The predicted octanol–water partition coefficient (Wildman–Crippen LogP) is 3.65. The first-order chi connectivity index (χ1) is 12.7. The minimum atomic E-state index is -1.06. The molecule has 1 atom stereocenters. The third-order valence-electron chi connectivity index (χ3n) is 3.76. The summed E-state index contributed by atoms with van der Waals surface area (Å²) in [5, 5.41) is 23.2. The number of amides is 1. The summed E-state index contributed by atoms with van der Waals surface area (Å²) < 4.78 is 0. The Balaban J connectivity index is 2.04. The summed E-state index contributed by atoms with van der Waals surface area (Å²) in [5.74, 6) is -1.42. The van der Waals surface area contributed by atoms with Crippen LogP contribution in [-0.2, 0) is 22.4 Å². The minimum Gasteiger partial charge on any atom is -0.481 e. The quantitative estimate of drug-likeness (QED) is 0.509. The van der Waals surface area contributed by atoms with Gasteiger partial charge in [-0.25, -0.2) is 0 Å². The molecule has 0 aliphatic heterocycles. The number of non-ortho nitro benzene ring substituents is 1. The van der Waals surface area contributed by atoms with Crippen LogP contribution in [0.1, 0.15) is 17.5 Å².